The molecule has 0 unspecified atom stereocenters. The van der Waals surface area contributed by atoms with E-state index in [0.717, 1.165) is 24.8 Å². The molecule has 2 heterocycles. The number of carbonyl (C=O) groups excluding carboxylic acids is 5. The lowest BCUT2D eigenvalue weighted by atomic mass is 9.91. The first kappa shape index (κ1) is 59.6. The van der Waals surface area contributed by atoms with Crippen molar-refractivity contribution < 1.29 is 52.1 Å². The second-order valence-electron chi connectivity index (χ2n) is 24.1. The summed E-state index contributed by atoms with van der Waals surface area (Å²) in [5.41, 5.74) is -2.01. The number of esters is 3. The zero-order valence-electron chi connectivity index (χ0n) is 46.6. The maximum Gasteiger partial charge on any atom is 0.410 e. The Hall–Kier alpha value is -5.31. The summed E-state index contributed by atoms with van der Waals surface area (Å²) in [6, 6.07) is 29.7. The molecule has 3 aromatic carbocycles. The first-order valence-electron chi connectivity index (χ1n) is 26.7. The Kier molecular flexibility index (Phi) is 20.9. The minimum absolute atomic E-state index is 0.0642. The average molecular weight is 1040 g/mol. The summed E-state index contributed by atoms with van der Waals surface area (Å²) in [6.07, 6.45) is 2.83. The van der Waals surface area contributed by atoms with Crippen molar-refractivity contribution in [2.75, 3.05) is 19.8 Å². The highest BCUT2D eigenvalue weighted by Gasteiger charge is 2.53. The third kappa shape index (κ3) is 15.9. The van der Waals surface area contributed by atoms with Gasteiger partial charge in [-0.3, -0.25) is 19.2 Å². The summed E-state index contributed by atoms with van der Waals surface area (Å²) in [5, 5.41) is 2.18. The molecule has 1 amide bonds. The molecule has 0 spiro atoms. The van der Waals surface area contributed by atoms with Gasteiger partial charge in [0.2, 0.25) is 0 Å². The van der Waals surface area contributed by atoms with Crippen LogP contribution >= 0.6 is 0 Å². The van der Waals surface area contributed by atoms with Gasteiger partial charge in [0, 0.05) is 37.9 Å². The van der Waals surface area contributed by atoms with Crippen LogP contribution < -0.4 is 10.4 Å². The van der Waals surface area contributed by atoms with Gasteiger partial charge in [-0.05, 0) is 115 Å². The summed E-state index contributed by atoms with van der Waals surface area (Å²) in [6.45, 7) is 25.1. The number of ether oxygens (including phenoxy) is 5. The molecule has 0 radical (unpaired) electrons. The lowest BCUT2D eigenvalue weighted by Crippen LogP contribution is -2.66. The van der Waals surface area contributed by atoms with E-state index in [-0.39, 0.29) is 30.5 Å². The van der Waals surface area contributed by atoms with Gasteiger partial charge < -0.3 is 37.9 Å². The van der Waals surface area contributed by atoms with E-state index in [9.17, 15) is 24.0 Å². The predicted molar refractivity (Wildman–Crippen MR) is 291 cm³/mol. The van der Waals surface area contributed by atoms with Crippen molar-refractivity contribution in [1.82, 2.24) is 9.80 Å². The summed E-state index contributed by atoms with van der Waals surface area (Å²) in [4.78, 5) is 73.3. The van der Waals surface area contributed by atoms with Gasteiger partial charge in [0.1, 0.15) is 6.61 Å². The SMILES string of the molecule is CCCCC[C@@H](C[C@H]1CC(=O)C=CN1[C@H]1OC[C@@H](OC(=O)C(C)(C)C)[C@@H](OC(=O)C(C)(C)C)[C@@H]1OC(=O)C(C)(C)C)N(CCCCO[Si](c1ccccc1)(c1ccccc1)C(C)(C)C)C(=O)OCc1ccccc1. The number of hydrogen-bond donors (Lipinski definition) is 0. The fraction of sp³-hybridized carbons (Fsp3) is 0.583. The van der Waals surface area contributed by atoms with E-state index in [2.05, 4.69) is 76.2 Å². The van der Waals surface area contributed by atoms with Gasteiger partial charge in [0.25, 0.3) is 8.32 Å². The average Bonchev–Trinajstić information content (AvgIpc) is 3.33. The Balaban J connectivity index is 1.51. The first-order chi connectivity index (χ1) is 34.8. The van der Waals surface area contributed by atoms with E-state index in [0.29, 0.717) is 38.8 Å². The molecule has 14 heteroatoms. The van der Waals surface area contributed by atoms with Gasteiger partial charge in [0.15, 0.2) is 30.3 Å². The van der Waals surface area contributed by atoms with Gasteiger partial charge in [-0.1, -0.05) is 138 Å². The molecule has 0 saturated carbocycles. The minimum Gasteiger partial charge on any atom is -0.455 e. The van der Waals surface area contributed by atoms with Crippen LogP contribution in [0.2, 0.25) is 5.04 Å². The third-order valence-electron chi connectivity index (χ3n) is 13.7. The predicted octanol–water partition coefficient (Wildman–Crippen LogP) is 10.7. The molecule has 5 rings (SSSR count). The second kappa shape index (κ2) is 26.0. The van der Waals surface area contributed by atoms with Gasteiger partial charge in [0.05, 0.1) is 22.9 Å². The van der Waals surface area contributed by atoms with Crippen molar-refractivity contribution in [3.63, 3.8) is 0 Å². The number of ketones is 1. The van der Waals surface area contributed by atoms with Crippen LogP contribution in [0.15, 0.2) is 103 Å². The number of amides is 1. The van der Waals surface area contributed by atoms with Crippen LogP contribution in [-0.4, -0.2) is 104 Å². The summed E-state index contributed by atoms with van der Waals surface area (Å²) in [7, 11) is -2.82. The van der Waals surface area contributed by atoms with Crippen molar-refractivity contribution in [1.29, 1.82) is 0 Å². The number of carbonyl (C=O) groups is 5. The molecule has 0 aromatic heterocycles. The second-order valence-corrected chi connectivity index (χ2v) is 28.4. The van der Waals surface area contributed by atoms with E-state index in [1.807, 2.05) is 52.3 Å². The van der Waals surface area contributed by atoms with Crippen molar-refractivity contribution in [2.45, 2.75) is 190 Å². The molecule has 0 N–H and O–H groups in total. The van der Waals surface area contributed by atoms with E-state index >= 15 is 0 Å². The van der Waals surface area contributed by atoms with Crippen LogP contribution in [0.25, 0.3) is 0 Å². The largest absolute Gasteiger partial charge is 0.455 e. The molecule has 0 bridgehead atoms. The van der Waals surface area contributed by atoms with Crippen LogP contribution in [0.5, 0.6) is 0 Å². The maximum absolute atomic E-state index is 14.7. The topological polar surface area (TPSA) is 147 Å². The highest BCUT2D eigenvalue weighted by Crippen LogP contribution is 2.38. The highest BCUT2D eigenvalue weighted by atomic mass is 28.4. The number of benzene rings is 3. The Morgan fingerprint density at radius 3 is 1.74 bits per heavy atom. The van der Waals surface area contributed by atoms with Crippen molar-refractivity contribution in [2.24, 2.45) is 16.2 Å². The fourth-order valence-corrected chi connectivity index (χ4v) is 14.0. The first-order valence-corrected chi connectivity index (χ1v) is 28.6. The van der Waals surface area contributed by atoms with Gasteiger partial charge in [-0.15, -0.1) is 0 Å². The van der Waals surface area contributed by atoms with Crippen LogP contribution in [0.4, 0.5) is 4.79 Å². The lowest BCUT2D eigenvalue weighted by molar-refractivity contribution is -0.256. The van der Waals surface area contributed by atoms with Crippen LogP contribution in [-0.2, 0) is 53.9 Å². The number of allylic oxidation sites excluding steroid dienone is 1. The molecular weight excluding hydrogens is 953 g/mol. The summed E-state index contributed by atoms with van der Waals surface area (Å²) in [5.74, 6) is -1.85. The van der Waals surface area contributed by atoms with Crippen molar-refractivity contribution >= 4 is 48.5 Å². The molecule has 6 atom stereocenters. The number of nitrogens with zero attached hydrogens (tertiary/aromatic N) is 2. The number of hydrogen-bond acceptors (Lipinski definition) is 12. The Bertz CT molecular complexity index is 2280. The van der Waals surface area contributed by atoms with Gasteiger partial charge in [-0.2, -0.15) is 0 Å². The van der Waals surface area contributed by atoms with Gasteiger partial charge >= 0.3 is 24.0 Å². The molecular formula is C60H86N2O11Si. The summed E-state index contributed by atoms with van der Waals surface area (Å²) < 4.78 is 38.7. The van der Waals surface area contributed by atoms with Crippen LogP contribution in [0.1, 0.15) is 147 Å². The molecule has 2 aliphatic heterocycles. The quantitative estimate of drug-likeness (QED) is 0.0433. The maximum atomic E-state index is 14.7. The smallest absolute Gasteiger partial charge is 0.410 e. The summed E-state index contributed by atoms with van der Waals surface area (Å²) >= 11 is 0. The van der Waals surface area contributed by atoms with E-state index in [1.54, 1.807) is 68.5 Å². The standard InChI is InChI=1S/C60H86N2O11Si/c1-14-15-19-30-44(62(56(67)69-41-43-28-20-16-21-29-43)36-26-27-38-70-74(60(11,12)13,47-31-22-17-23-32-47)48-33-24-18-25-34-48)39-45-40-46(63)35-37-61(45)52-51(73-55(66)59(8,9)10)50(72-54(65)58(5,6)7)49(42-68-52)71-53(64)57(2,3)4/h16-18,20-25,28-29,31-35,37,44-45,49-52H,14-15,19,26-27,30,36,38-42H2,1-13H3/t44-,45-,49+,50+,51-,52-/m0/s1. The molecule has 1 saturated heterocycles. The van der Waals surface area contributed by atoms with E-state index < -0.39 is 85.2 Å². The molecule has 2 aliphatic rings. The molecule has 0 aliphatic carbocycles. The Labute approximate surface area is 443 Å². The third-order valence-corrected chi connectivity index (χ3v) is 18.7. The van der Waals surface area contributed by atoms with Gasteiger partial charge in [-0.25, -0.2) is 4.79 Å². The van der Waals surface area contributed by atoms with Crippen molar-refractivity contribution in [3.05, 3.63) is 109 Å². The number of rotatable bonds is 21. The molecule has 3 aromatic rings. The molecule has 13 nitrogen and oxygen atoms in total. The normalized spacial score (nSPS) is 20.1. The molecule has 406 valence electrons. The monoisotopic (exact) mass is 1040 g/mol. The lowest BCUT2D eigenvalue weighted by Gasteiger charge is -2.49. The van der Waals surface area contributed by atoms with Crippen LogP contribution in [0, 0.1) is 16.2 Å². The number of unbranched alkanes of at least 4 members (excludes halogenated alkanes) is 3. The van der Waals surface area contributed by atoms with E-state index in [4.69, 9.17) is 28.1 Å². The highest BCUT2D eigenvalue weighted by molar-refractivity contribution is 6.99. The van der Waals surface area contributed by atoms with E-state index in [1.165, 1.54) is 16.4 Å². The Morgan fingerprint density at radius 1 is 0.689 bits per heavy atom. The zero-order chi connectivity index (χ0) is 54.5. The molecule has 74 heavy (non-hydrogen) atoms. The van der Waals surface area contributed by atoms with Crippen molar-refractivity contribution in [3.8, 4) is 0 Å². The molecule has 1 fully saturated rings. The zero-order valence-corrected chi connectivity index (χ0v) is 47.6. The van der Waals surface area contributed by atoms with Crippen LogP contribution in [0.3, 0.4) is 0 Å². The fourth-order valence-electron chi connectivity index (χ4n) is 9.43. The Morgan fingerprint density at radius 2 is 1.22 bits per heavy atom. The minimum atomic E-state index is -2.82.